The highest BCUT2D eigenvalue weighted by atomic mass is 32.2. The Labute approximate surface area is 195 Å². The Bertz CT molecular complexity index is 1310. The van der Waals surface area contributed by atoms with Gasteiger partial charge in [-0.15, -0.1) is 0 Å². The first-order valence-electron chi connectivity index (χ1n) is 10.8. The molecule has 0 bridgehead atoms. The predicted molar refractivity (Wildman–Crippen MR) is 130 cm³/mol. The molecule has 33 heavy (non-hydrogen) atoms. The number of carbonyl (C=O) groups excluding carboxylic acids is 1. The van der Waals surface area contributed by atoms with Gasteiger partial charge in [0.25, 0.3) is 5.56 Å². The summed E-state index contributed by atoms with van der Waals surface area (Å²) in [6, 6.07) is 23.2. The number of para-hydroxylation sites is 2. The second-order valence-electron chi connectivity index (χ2n) is 7.54. The van der Waals surface area contributed by atoms with Gasteiger partial charge in [0.05, 0.1) is 16.6 Å². The molecule has 168 valence electrons. The first-order valence-corrected chi connectivity index (χ1v) is 11.8. The molecule has 3 aromatic carbocycles. The van der Waals surface area contributed by atoms with Gasteiger partial charge in [-0.05, 0) is 42.7 Å². The normalized spacial score (nSPS) is 10.9. The van der Waals surface area contributed by atoms with Crippen LogP contribution in [0.25, 0.3) is 16.6 Å². The SMILES string of the molecule is O=C(CCCSc1nc2ccccc2c(=O)n1-c1ccccc1F)NCCc1ccccc1. The molecule has 4 aromatic rings. The molecule has 0 atom stereocenters. The summed E-state index contributed by atoms with van der Waals surface area (Å²) < 4.78 is 15.8. The van der Waals surface area contributed by atoms with Crippen molar-refractivity contribution in [3.63, 3.8) is 0 Å². The van der Waals surface area contributed by atoms with Crippen molar-refractivity contribution in [2.45, 2.75) is 24.4 Å². The Morgan fingerprint density at radius 2 is 1.70 bits per heavy atom. The molecule has 1 aromatic heterocycles. The Hall–Kier alpha value is -3.45. The maximum atomic E-state index is 14.5. The number of aromatic nitrogens is 2. The van der Waals surface area contributed by atoms with E-state index in [-0.39, 0.29) is 17.2 Å². The Morgan fingerprint density at radius 3 is 2.52 bits per heavy atom. The molecule has 0 aliphatic heterocycles. The molecule has 1 amide bonds. The number of thioether (sulfide) groups is 1. The smallest absolute Gasteiger partial charge is 0.266 e. The van der Waals surface area contributed by atoms with Crippen LogP contribution < -0.4 is 10.9 Å². The number of fused-ring (bicyclic) bond motifs is 1. The van der Waals surface area contributed by atoms with E-state index in [1.165, 1.54) is 28.0 Å². The van der Waals surface area contributed by atoms with Crippen LogP contribution in [-0.4, -0.2) is 27.8 Å². The van der Waals surface area contributed by atoms with Crippen LogP contribution in [0, 0.1) is 5.82 Å². The van der Waals surface area contributed by atoms with Crippen LogP contribution in [-0.2, 0) is 11.2 Å². The summed E-state index contributed by atoms with van der Waals surface area (Å²) >= 11 is 1.35. The van der Waals surface area contributed by atoms with Gasteiger partial charge < -0.3 is 5.32 Å². The molecule has 0 radical (unpaired) electrons. The topological polar surface area (TPSA) is 64.0 Å². The van der Waals surface area contributed by atoms with Gasteiger partial charge in [-0.25, -0.2) is 9.37 Å². The number of nitrogens with one attached hydrogen (secondary N) is 1. The van der Waals surface area contributed by atoms with E-state index in [1.807, 2.05) is 36.4 Å². The Kier molecular flexibility index (Phi) is 7.52. The molecular formula is C26H24FN3O2S. The first kappa shape index (κ1) is 22.7. The maximum absolute atomic E-state index is 14.5. The fourth-order valence-electron chi connectivity index (χ4n) is 3.53. The molecule has 0 aliphatic carbocycles. The van der Waals surface area contributed by atoms with Crippen LogP contribution >= 0.6 is 11.8 Å². The standard InChI is InChI=1S/C26H24FN3O2S/c27-21-12-5-7-14-23(21)30-25(32)20-11-4-6-13-22(20)29-26(30)33-18-8-15-24(31)28-17-16-19-9-2-1-3-10-19/h1-7,9-14H,8,15-18H2,(H,28,31). The number of hydrogen-bond donors (Lipinski definition) is 1. The molecule has 5 nitrogen and oxygen atoms in total. The lowest BCUT2D eigenvalue weighted by atomic mass is 10.1. The molecule has 0 saturated carbocycles. The molecule has 0 fully saturated rings. The van der Waals surface area contributed by atoms with E-state index < -0.39 is 5.82 Å². The first-order chi connectivity index (χ1) is 16.1. The van der Waals surface area contributed by atoms with Crippen molar-refractivity contribution >= 4 is 28.6 Å². The zero-order chi connectivity index (χ0) is 23.0. The summed E-state index contributed by atoms with van der Waals surface area (Å²) in [5.74, 6) is 0.0755. The maximum Gasteiger partial charge on any atom is 0.266 e. The third-order valence-corrected chi connectivity index (χ3v) is 6.22. The van der Waals surface area contributed by atoms with Crippen LogP contribution in [0.4, 0.5) is 4.39 Å². The van der Waals surface area contributed by atoms with Gasteiger partial charge in [-0.2, -0.15) is 0 Å². The van der Waals surface area contributed by atoms with Crippen molar-refractivity contribution in [1.82, 2.24) is 14.9 Å². The summed E-state index contributed by atoms with van der Waals surface area (Å²) in [5.41, 5.74) is 1.60. The van der Waals surface area contributed by atoms with E-state index >= 15 is 0 Å². The summed E-state index contributed by atoms with van der Waals surface area (Å²) in [6.07, 6.45) is 1.78. The zero-order valence-electron chi connectivity index (χ0n) is 18.0. The van der Waals surface area contributed by atoms with Crippen molar-refractivity contribution in [2.75, 3.05) is 12.3 Å². The van der Waals surface area contributed by atoms with Crippen LogP contribution in [0.1, 0.15) is 18.4 Å². The van der Waals surface area contributed by atoms with E-state index in [0.717, 1.165) is 6.42 Å². The second-order valence-corrected chi connectivity index (χ2v) is 8.60. The molecule has 1 N–H and O–H groups in total. The van der Waals surface area contributed by atoms with Crippen molar-refractivity contribution in [3.05, 3.63) is 101 Å². The van der Waals surface area contributed by atoms with E-state index in [9.17, 15) is 14.0 Å². The van der Waals surface area contributed by atoms with E-state index in [4.69, 9.17) is 0 Å². The summed E-state index contributed by atoms with van der Waals surface area (Å²) in [4.78, 5) is 29.9. The summed E-state index contributed by atoms with van der Waals surface area (Å²) in [6.45, 7) is 0.592. The third kappa shape index (κ3) is 5.68. The van der Waals surface area contributed by atoms with Gasteiger partial charge in [0, 0.05) is 18.7 Å². The largest absolute Gasteiger partial charge is 0.356 e. The fourth-order valence-corrected chi connectivity index (χ4v) is 4.47. The van der Waals surface area contributed by atoms with Crippen LogP contribution in [0.15, 0.2) is 88.8 Å². The lowest BCUT2D eigenvalue weighted by Gasteiger charge is -2.13. The lowest BCUT2D eigenvalue weighted by molar-refractivity contribution is -0.121. The van der Waals surface area contributed by atoms with Crippen molar-refractivity contribution in [2.24, 2.45) is 0 Å². The van der Waals surface area contributed by atoms with E-state index in [2.05, 4.69) is 10.3 Å². The minimum Gasteiger partial charge on any atom is -0.356 e. The third-order valence-electron chi connectivity index (χ3n) is 5.20. The van der Waals surface area contributed by atoms with Gasteiger partial charge in [0.2, 0.25) is 5.91 Å². The summed E-state index contributed by atoms with van der Waals surface area (Å²) in [5, 5.41) is 3.78. The average molecular weight is 462 g/mol. The van der Waals surface area contributed by atoms with Crippen molar-refractivity contribution < 1.29 is 9.18 Å². The predicted octanol–water partition coefficient (Wildman–Crippen LogP) is 4.76. The zero-order valence-corrected chi connectivity index (χ0v) is 18.9. The fraction of sp³-hybridized carbons (Fsp3) is 0.192. The molecule has 0 unspecified atom stereocenters. The molecule has 0 spiro atoms. The van der Waals surface area contributed by atoms with Crippen LogP contribution in [0.3, 0.4) is 0 Å². The molecule has 7 heteroatoms. The Balaban J connectivity index is 1.41. The molecule has 4 rings (SSSR count). The van der Waals surface area contributed by atoms with Gasteiger partial charge >= 0.3 is 0 Å². The number of nitrogens with zero attached hydrogens (tertiary/aromatic N) is 2. The number of amides is 1. The quantitative estimate of drug-likeness (QED) is 0.222. The minimum absolute atomic E-state index is 0.00973. The van der Waals surface area contributed by atoms with E-state index in [0.29, 0.717) is 41.2 Å². The molecule has 0 aliphatic rings. The minimum atomic E-state index is -0.490. The van der Waals surface area contributed by atoms with Crippen molar-refractivity contribution in [3.8, 4) is 5.69 Å². The number of carbonyl (C=O) groups is 1. The van der Waals surface area contributed by atoms with E-state index in [1.54, 1.807) is 36.4 Å². The average Bonchev–Trinajstić information content (AvgIpc) is 2.83. The Morgan fingerprint density at radius 1 is 0.970 bits per heavy atom. The van der Waals surface area contributed by atoms with Gasteiger partial charge in [0.15, 0.2) is 5.16 Å². The number of rotatable bonds is 9. The van der Waals surface area contributed by atoms with Crippen molar-refractivity contribution in [1.29, 1.82) is 0 Å². The van der Waals surface area contributed by atoms with Gasteiger partial charge in [-0.3, -0.25) is 14.2 Å². The van der Waals surface area contributed by atoms with Crippen LogP contribution in [0.2, 0.25) is 0 Å². The highest BCUT2D eigenvalue weighted by Crippen LogP contribution is 2.23. The number of benzene rings is 3. The monoisotopic (exact) mass is 461 g/mol. The molecule has 1 heterocycles. The second kappa shape index (κ2) is 10.9. The number of halogens is 1. The highest BCUT2D eigenvalue weighted by molar-refractivity contribution is 7.99. The molecular weight excluding hydrogens is 437 g/mol. The lowest BCUT2D eigenvalue weighted by Crippen LogP contribution is -2.25. The number of hydrogen-bond acceptors (Lipinski definition) is 4. The highest BCUT2D eigenvalue weighted by Gasteiger charge is 2.16. The molecule has 0 saturated heterocycles. The summed E-state index contributed by atoms with van der Waals surface area (Å²) in [7, 11) is 0. The van der Waals surface area contributed by atoms with Gasteiger partial charge in [0.1, 0.15) is 5.82 Å². The van der Waals surface area contributed by atoms with Crippen LogP contribution in [0.5, 0.6) is 0 Å². The van der Waals surface area contributed by atoms with Gasteiger partial charge in [-0.1, -0.05) is 66.4 Å².